The Labute approximate surface area is 107 Å². The molecule has 96 valence electrons. The van der Waals surface area contributed by atoms with Crippen LogP contribution in [0.1, 0.15) is 37.7 Å². The van der Waals surface area contributed by atoms with Gasteiger partial charge in [-0.05, 0) is 32.0 Å². The summed E-state index contributed by atoms with van der Waals surface area (Å²) in [6.07, 6.45) is 5.46. The zero-order valence-corrected chi connectivity index (χ0v) is 11.1. The second-order valence-corrected chi connectivity index (χ2v) is 4.15. The van der Waals surface area contributed by atoms with Crippen molar-refractivity contribution in [2.75, 3.05) is 7.05 Å². The Balaban J connectivity index is 2.45. The van der Waals surface area contributed by atoms with Crippen LogP contribution < -0.4 is 5.32 Å². The maximum Gasteiger partial charge on any atom is 0.103 e. The third kappa shape index (κ3) is 2.26. The summed E-state index contributed by atoms with van der Waals surface area (Å²) in [5.41, 5.74) is 3.13. The molecule has 2 rings (SSSR count). The molecule has 0 amide bonds. The van der Waals surface area contributed by atoms with Crippen LogP contribution in [0.15, 0.2) is 24.5 Å². The van der Waals surface area contributed by atoms with E-state index in [1.165, 1.54) is 0 Å². The summed E-state index contributed by atoms with van der Waals surface area (Å²) in [4.78, 5) is 4.13. The van der Waals surface area contributed by atoms with Crippen molar-refractivity contribution in [2.45, 2.75) is 32.7 Å². The molecule has 0 aliphatic carbocycles. The van der Waals surface area contributed by atoms with E-state index in [1.807, 2.05) is 23.9 Å². The third-order valence-electron chi connectivity index (χ3n) is 3.11. The lowest BCUT2D eigenvalue weighted by Gasteiger charge is -2.13. The van der Waals surface area contributed by atoms with E-state index in [4.69, 9.17) is 0 Å². The van der Waals surface area contributed by atoms with Gasteiger partial charge in [-0.15, -0.1) is 5.10 Å². The lowest BCUT2D eigenvalue weighted by molar-refractivity contribution is 0.555. The number of hydrogen-bond acceptors (Lipinski definition) is 4. The summed E-state index contributed by atoms with van der Waals surface area (Å²) < 4.78 is 1.88. The highest BCUT2D eigenvalue weighted by Gasteiger charge is 2.18. The molecular weight excluding hydrogens is 226 g/mol. The Morgan fingerprint density at radius 1 is 1.39 bits per heavy atom. The average Bonchev–Trinajstić information content (AvgIpc) is 2.85. The van der Waals surface area contributed by atoms with Gasteiger partial charge < -0.3 is 5.32 Å². The first kappa shape index (κ1) is 12.7. The van der Waals surface area contributed by atoms with Gasteiger partial charge >= 0.3 is 0 Å². The molecule has 5 nitrogen and oxygen atoms in total. The Morgan fingerprint density at radius 3 is 2.78 bits per heavy atom. The maximum absolute atomic E-state index is 4.33. The number of nitrogens with zero attached hydrogens (tertiary/aromatic N) is 4. The van der Waals surface area contributed by atoms with Gasteiger partial charge in [-0.3, -0.25) is 4.98 Å². The van der Waals surface area contributed by atoms with Crippen LogP contribution in [0.5, 0.6) is 0 Å². The normalized spacial score (nSPS) is 12.6. The Hall–Kier alpha value is -1.75. The minimum Gasteiger partial charge on any atom is -0.312 e. The maximum atomic E-state index is 4.33. The van der Waals surface area contributed by atoms with Crippen LogP contribution in [0.3, 0.4) is 0 Å². The van der Waals surface area contributed by atoms with Crippen molar-refractivity contribution in [3.8, 4) is 5.69 Å². The molecule has 0 aliphatic rings. The Bertz CT molecular complexity index is 487. The fraction of sp³-hybridized carbons (Fsp3) is 0.462. The lowest BCUT2D eigenvalue weighted by Crippen LogP contribution is -2.17. The predicted octanol–water partition coefficient (Wildman–Crippen LogP) is 1.90. The Kier molecular flexibility index (Phi) is 4.04. The van der Waals surface area contributed by atoms with Crippen molar-refractivity contribution in [3.63, 3.8) is 0 Å². The molecule has 1 N–H and O–H groups in total. The highest BCUT2D eigenvalue weighted by Crippen LogP contribution is 2.20. The molecule has 0 radical (unpaired) electrons. The smallest absolute Gasteiger partial charge is 0.103 e. The molecule has 18 heavy (non-hydrogen) atoms. The molecule has 0 saturated heterocycles. The van der Waals surface area contributed by atoms with Gasteiger partial charge in [0.15, 0.2) is 0 Å². The van der Waals surface area contributed by atoms with Gasteiger partial charge in [-0.1, -0.05) is 19.1 Å². The SMILES string of the molecule is CCc1c(C(CC)NC)nnn1-c1cccnc1. The first-order valence-corrected chi connectivity index (χ1v) is 6.33. The summed E-state index contributed by atoms with van der Waals surface area (Å²) in [7, 11) is 1.96. The molecule has 2 aromatic rings. The van der Waals surface area contributed by atoms with Crippen molar-refractivity contribution in [3.05, 3.63) is 35.9 Å². The third-order valence-corrected chi connectivity index (χ3v) is 3.11. The zero-order valence-electron chi connectivity index (χ0n) is 11.1. The largest absolute Gasteiger partial charge is 0.312 e. The molecule has 0 spiro atoms. The van der Waals surface area contributed by atoms with Gasteiger partial charge in [0, 0.05) is 6.20 Å². The van der Waals surface area contributed by atoms with Gasteiger partial charge in [0.1, 0.15) is 5.69 Å². The summed E-state index contributed by atoms with van der Waals surface area (Å²) in [5, 5.41) is 11.9. The monoisotopic (exact) mass is 245 g/mol. The first-order chi connectivity index (χ1) is 8.81. The van der Waals surface area contributed by atoms with Crippen LogP contribution in [0, 0.1) is 0 Å². The molecule has 1 unspecified atom stereocenters. The lowest BCUT2D eigenvalue weighted by atomic mass is 10.1. The molecule has 2 aromatic heterocycles. The summed E-state index contributed by atoms with van der Waals surface area (Å²) in [5.74, 6) is 0. The van der Waals surface area contributed by atoms with Gasteiger partial charge in [-0.25, -0.2) is 4.68 Å². The first-order valence-electron chi connectivity index (χ1n) is 6.33. The molecule has 2 heterocycles. The van der Waals surface area contributed by atoms with E-state index in [1.54, 1.807) is 12.4 Å². The summed E-state index contributed by atoms with van der Waals surface area (Å²) >= 11 is 0. The minimum absolute atomic E-state index is 0.255. The van der Waals surface area contributed by atoms with Crippen LogP contribution in [-0.2, 0) is 6.42 Å². The predicted molar refractivity (Wildman–Crippen MR) is 70.6 cm³/mol. The minimum atomic E-state index is 0.255. The van der Waals surface area contributed by atoms with Crippen LogP contribution in [0.4, 0.5) is 0 Å². The van der Waals surface area contributed by atoms with Crippen molar-refractivity contribution >= 4 is 0 Å². The Morgan fingerprint density at radius 2 is 2.22 bits per heavy atom. The molecule has 0 saturated carbocycles. The van der Waals surface area contributed by atoms with Crippen molar-refractivity contribution in [1.82, 2.24) is 25.3 Å². The van der Waals surface area contributed by atoms with Crippen molar-refractivity contribution < 1.29 is 0 Å². The number of hydrogen-bond donors (Lipinski definition) is 1. The van der Waals surface area contributed by atoms with E-state index < -0.39 is 0 Å². The van der Waals surface area contributed by atoms with Crippen molar-refractivity contribution in [1.29, 1.82) is 0 Å². The van der Waals surface area contributed by atoms with E-state index in [0.717, 1.165) is 29.9 Å². The van der Waals surface area contributed by atoms with Gasteiger partial charge in [0.25, 0.3) is 0 Å². The molecule has 0 fully saturated rings. The highest BCUT2D eigenvalue weighted by molar-refractivity contribution is 5.31. The van der Waals surface area contributed by atoms with Gasteiger partial charge in [0.2, 0.25) is 0 Å². The number of nitrogens with one attached hydrogen (secondary N) is 1. The number of pyridine rings is 1. The second-order valence-electron chi connectivity index (χ2n) is 4.15. The van der Waals surface area contributed by atoms with Crippen LogP contribution in [0.2, 0.25) is 0 Å². The van der Waals surface area contributed by atoms with E-state index in [9.17, 15) is 0 Å². The summed E-state index contributed by atoms with van der Waals surface area (Å²) in [6.45, 7) is 4.27. The molecule has 0 aliphatic heterocycles. The molecule has 5 heteroatoms. The van der Waals surface area contributed by atoms with E-state index >= 15 is 0 Å². The zero-order chi connectivity index (χ0) is 13.0. The molecular formula is C13H19N5. The van der Waals surface area contributed by atoms with Crippen LogP contribution in [-0.4, -0.2) is 27.0 Å². The number of rotatable bonds is 5. The highest BCUT2D eigenvalue weighted by atomic mass is 15.4. The number of aromatic nitrogens is 4. The quantitative estimate of drug-likeness (QED) is 0.874. The van der Waals surface area contributed by atoms with Gasteiger partial charge in [-0.2, -0.15) is 0 Å². The van der Waals surface area contributed by atoms with Crippen LogP contribution >= 0.6 is 0 Å². The van der Waals surface area contributed by atoms with Crippen molar-refractivity contribution in [2.24, 2.45) is 0 Å². The van der Waals surface area contributed by atoms with E-state index in [2.05, 4.69) is 34.5 Å². The standard InChI is InChI=1S/C13H19N5/c1-4-11(14-3)13-12(5-2)18(17-16-13)10-7-6-8-15-9-10/h6-9,11,14H,4-5H2,1-3H3. The molecule has 1 atom stereocenters. The summed E-state index contributed by atoms with van der Waals surface area (Å²) in [6, 6.07) is 4.15. The fourth-order valence-corrected chi connectivity index (χ4v) is 2.14. The van der Waals surface area contributed by atoms with Crippen LogP contribution in [0.25, 0.3) is 5.69 Å². The van der Waals surface area contributed by atoms with Gasteiger partial charge in [0.05, 0.1) is 23.6 Å². The van der Waals surface area contributed by atoms with E-state index in [-0.39, 0.29) is 6.04 Å². The topological polar surface area (TPSA) is 55.6 Å². The fourth-order valence-electron chi connectivity index (χ4n) is 2.14. The van der Waals surface area contributed by atoms with E-state index in [0.29, 0.717) is 0 Å². The average molecular weight is 245 g/mol. The molecule has 0 aromatic carbocycles. The molecule has 0 bridgehead atoms. The second kappa shape index (κ2) is 5.73.